The molecule has 0 saturated carbocycles. The summed E-state index contributed by atoms with van der Waals surface area (Å²) in [7, 11) is -3.29. The standard InChI is InChI=1S/C23H26N4O3S/c1-15-13-18(21-22(24-15)27-11-5-3-4-8-20(27)25-21)23(28)26-12-6-7-16-14-17(31(2,29)30)9-10-19(16)26/h9-10,13-14H,3-8,11-12H2,1-2H3. The number of fused-ring (bicyclic) bond motifs is 4. The summed E-state index contributed by atoms with van der Waals surface area (Å²) in [5, 5.41) is 0. The summed E-state index contributed by atoms with van der Waals surface area (Å²) >= 11 is 0. The van der Waals surface area contributed by atoms with Gasteiger partial charge in [0.25, 0.3) is 5.91 Å². The molecule has 0 spiro atoms. The lowest BCUT2D eigenvalue weighted by Gasteiger charge is -2.30. The number of carbonyl (C=O) groups excluding carboxylic acids is 1. The molecule has 0 unspecified atom stereocenters. The van der Waals surface area contributed by atoms with Gasteiger partial charge in [-0.2, -0.15) is 0 Å². The normalized spacial score (nSPS) is 16.6. The largest absolute Gasteiger partial charge is 0.313 e. The van der Waals surface area contributed by atoms with Gasteiger partial charge in [-0.25, -0.2) is 18.4 Å². The summed E-state index contributed by atoms with van der Waals surface area (Å²) in [5.74, 6) is 0.910. The summed E-state index contributed by atoms with van der Waals surface area (Å²) in [5.41, 5.74) is 4.52. The predicted octanol–water partition coefficient (Wildman–Crippen LogP) is 3.46. The highest BCUT2D eigenvalue weighted by Gasteiger charge is 2.28. The molecule has 0 saturated heterocycles. The summed E-state index contributed by atoms with van der Waals surface area (Å²) < 4.78 is 26.1. The topological polar surface area (TPSA) is 85.2 Å². The highest BCUT2D eigenvalue weighted by Crippen LogP contribution is 2.32. The molecule has 0 fully saturated rings. The molecule has 2 aliphatic heterocycles. The number of aromatic nitrogens is 3. The van der Waals surface area contributed by atoms with Gasteiger partial charge in [-0.1, -0.05) is 6.42 Å². The lowest BCUT2D eigenvalue weighted by atomic mass is 10.0. The van der Waals surface area contributed by atoms with Crippen LogP contribution in [-0.2, 0) is 29.2 Å². The van der Waals surface area contributed by atoms with E-state index < -0.39 is 9.84 Å². The van der Waals surface area contributed by atoms with Gasteiger partial charge < -0.3 is 9.47 Å². The fourth-order valence-corrected chi connectivity index (χ4v) is 5.41. The first kappa shape index (κ1) is 20.2. The van der Waals surface area contributed by atoms with E-state index in [1.807, 2.05) is 13.0 Å². The predicted molar refractivity (Wildman–Crippen MR) is 119 cm³/mol. The molecule has 0 N–H and O–H groups in total. The maximum atomic E-state index is 13.7. The van der Waals surface area contributed by atoms with Crippen LogP contribution < -0.4 is 4.90 Å². The number of benzene rings is 1. The van der Waals surface area contributed by atoms with Crippen molar-refractivity contribution in [2.75, 3.05) is 17.7 Å². The van der Waals surface area contributed by atoms with Crippen molar-refractivity contribution in [3.8, 4) is 0 Å². The minimum absolute atomic E-state index is 0.100. The van der Waals surface area contributed by atoms with E-state index in [-0.39, 0.29) is 5.91 Å². The van der Waals surface area contributed by atoms with Gasteiger partial charge in [0.05, 0.1) is 10.5 Å². The van der Waals surface area contributed by atoms with Gasteiger partial charge in [-0.05, 0) is 62.4 Å². The van der Waals surface area contributed by atoms with E-state index in [0.29, 0.717) is 22.5 Å². The second-order valence-corrected chi connectivity index (χ2v) is 10.6. The monoisotopic (exact) mass is 438 g/mol. The molecule has 0 radical (unpaired) electrons. The van der Waals surface area contributed by atoms with Gasteiger partial charge in [-0.15, -0.1) is 0 Å². The van der Waals surface area contributed by atoms with Gasteiger partial charge in [0.2, 0.25) is 0 Å². The summed E-state index contributed by atoms with van der Waals surface area (Å²) in [6.45, 7) is 3.40. The van der Waals surface area contributed by atoms with Gasteiger partial charge in [0.1, 0.15) is 11.3 Å². The van der Waals surface area contributed by atoms with E-state index in [1.165, 1.54) is 12.7 Å². The summed E-state index contributed by atoms with van der Waals surface area (Å²) in [6, 6.07) is 6.88. The number of imidazole rings is 1. The Morgan fingerprint density at radius 1 is 1.00 bits per heavy atom. The van der Waals surface area contributed by atoms with E-state index in [9.17, 15) is 13.2 Å². The third-order valence-corrected chi connectivity index (χ3v) is 7.38. The summed E-state index contributed by atoms with van der Waals surface area (Å²) in [4.78, 5) is 25.4. The Morgan fingerprint density at radius 3 is 2.65 bits per heavy atom. The van der Waals surface area contributed by atoms with E-state index in [4.69, 9.17) is 9.97 Å². The number of anilines is 1. The molecule has 0 aliphatic carbocycles. The van der Waals surface area contributed by atoms with Gasteiger partial charge in [0, 0.05) is 37.1 Å². The zero-order chi connectivity index (χ0) is 21.8. The fourth-order valence-electron chi connectivity index (χ4n) is 4.74. The van der Waals surface area contributed by atoms with Crippen molar-refractivity contribution < 1.29 is 13.2 Å². The van der Waals surface area contributed by atoms with Crippen LogP contribution in [0, 0.1) is 6.92 Å². The second kappa shape index (κ2) is 7.44. The molecule has 4 heterocycles. The first-order valence-corrected chi connectivity index (χ1v) is 12.7. The maximum Gasteiger partial charge on any atom is 0.260 e. The fraction of sp³-hybridized carbons (Fsp3) is 0.435. The van der Waals surface area contributed by atoms with Crippen molar-refractivity contribution in [2.45, 2.75) is 56.9 Å². The first-order chi connectivity index (χ1) is 14.8. The number of nitrogens with zero attached hydrogens (tertiary/aromatic N) is 4. The van der Waals surface area contributed by atoms with Gasteiger partial charge in [-0.3, -0.25) is 4.79 Å². The molecular weight excluding hydrogens is 412 g/mol. The molecule has 2 aliphatic rings. The molecular formula is C23H26N4O3S. The van der Waals surface area contributed by atoms with E-state index in [0.717, 1.165) is 67.1 Å². The van der Waals surface area contributed by atoms with Crippen LogP contribution in [0.5, 0.6) is 0 Å². The number of pyridine rings is 1. The minimum atomic E-state index is -3.29. The Balaban J connectivity index is 1.60. The molecule has 162 valence electrons. The average Bonchev–Trinajstić information content (AvgIpc) is 2.92. The summed E-state index contributed by atoms with van der Waals surface area (Å²) in [6.07, 6.45) is 7.05. The Morgan fingerprint density at radius 2 is 1.84 bits per heavy atom. The molecule has 31 heavy (non-hydrogen) atoms. The lowest BCUT2D eigenvalue weighted by Crippen LogP contribution is -2.35. The zero-order valence-electron chi connectivity index (χ0n) is 17.9. The van der Waals surface area contributed by atoms with Crippen LogP contribution in [0.4, 0.5) is 5.69 Å². The second-order valence-electron chi connectivity index (χ2n) is 8.60. The third-order valence-electron chi connectivity index (χ3n) is 6.27. The van der Waals surface area contributed by atoms with E-state index >= 15 is 0 Å². The Hall–Kier alpha value is -2.74. The van der Waals surface area contributed by atoms with Crippen LogP contribution in [-0.4, -0.2) is 41.7 Å². The number of amides is 1. The SMILES string of the molecule is Cc1cc(C(=O)N2CCCc3cc(S(C)(=O)=O)ccc32)c2nc3n(c2n1)CCCCC3. The third kappa shape index (κ3) is 3.52. The molecule has 0 atom stereocenters. The highest BCUT2D eigenvalue weighted by molar-refractivity contribution is 7.90. The van der Waals surface area contributed by atoms with Crippen molar-refractivity contribution in [3.05, 3.63) is 46.9 Å². The Labute approximate surface area is 182 Å². The van der Waals surface area contributed by atoms with Crippen molar-refractivity contribution in [1.82, 2.24) is 14.5 Å². The number of carbonyl (C=O) groups is 1. The number of hydrogen-bond donors (Lipinski definition) is 0. The number of hydrogen-bond acceptors (Lipinski definition) is 5. The number of aryl methyl sites for hydroxylation is 4. The molecule has 1 amide bonds. The quantitative estimate of drug-likeness (QED) is 0.612. The maximum absolute atomic E-state index is 13.7. The number of sulfone groups is 1. The van der Waals surface area contributed by atoms with Crippen LogP contribution >= 0.6 is 0 Å². The molecule has 1 aromatic carbocycles. The first-order valence-electron chi connectivity index (χ1n) is 10.8. The Kier molecular flexibility index (Phi) is 4.84. The van der Waals surface area contributed by atoms with Crippen LogP contribution in [0.1, 0.15) is 53.1 Å². The molecule has 5 rings (SSSR count). The highest BCUT2D eigenvalue weighted by atomic mass is 32.2. The van der Waals surface area contributed by atoms with Crippen molar-refractivity contribution in [3.63, 3.8) is 0 Å². The van der Waals surface area contributed by atoms with Crippen LogP contribution in [0.15, 0.2) is 29.2 Å². The van der Waals surface area contributed by atoms with Crippen molar-refractivity contribution >= 4 is 32.6 Å². The molecule has 2 aromatic heterocycles. The van der Waals surface area contributed by atoms with Crippen molar-refractivity contribution in [2.24, 2.45) is 0 Å². The molecule has 7 nitrogen and oxygen atoms in total. The minimum Gasteiger partial charge on any atom is -0.313 e. The van der Waals surface area contributed by atoms with Crippen molar-refractivity contribution in [1.29, 1.82) is 0 Å². The van der Waals surface area contributed by atoms with Gasteiger partial charge in [0.15, 0.2) is 15.5 Å². The van der Waals surface area contributed by atoms with Gasteiger partial charge >= 0.3 is 0 Å². The Bertz CT molecular complexity index is 1310. The molecule has 8 heteroatoms. The van der Waals surface area contributed by atoms with Crippen LogP contribution in [0.3, 0.4) is 0 Å². The van der Waals surface area contributed by atoms with Crippen LogP contribution in [0.25, 0.3) is 11.2 Å². The number of rotatable bonds is 2. The smallest absolute Gasteiger partial charge is 0.260 e. The molecule has 3 aromatic rings. The van der Waals surface area contributed by atoms with E-state index in [1.54, 1.807) is 23.1 Å². The zero-order valence-corrected chi connectivity index (χ0v) is 18.7. The lowest BCUT2D eigenvalue weighted by molar-refractivity contribution is 0.0986. The van der Waals surface area contributed by atoms with Crippen LogP contribution in [0.2, 0.25) is 0 Å². The molecule has 0 bridgehead atoms. The van der Waals surface area contributed by atoms with E-state index in [2.05, 4.69) is 4.57 Å². The average molecular weight is 439 g/mol.